The van der Waals surface area contributed by atoms with Crippen LogP contribution in [0.15, 0.2) is 36.5 Å². The molecule has 1 amide bonds. The van der Waals surface area contributed by atoms with Gasteiger partial charge in [0.1, 0.15) is 0 Å². The van der Waals surface area contributed by atoms with Crippen LogP contribution in [0.3, 0.4) is 0 Å². The van der Waals surface area contributed by atoms with Crippen LogP contribution in [0.4, 0.5) is 0 Å². The SMILES string of the molecule is CCCCCCCCCCCCCCCCC=CNC(=O)c1ccc(CCCC)cc1. The summed E-state index contributed by atoms with van der Waals surface area (Å²) >= 11 is 0. The molecule has 0 fully saturated rings. The van der Waals surface area contributed by atoms with Crippen LogP contribution < -0.4 is 5.32 Å². The highest BCUT2D eigenvalue weighted by molar-refractivity contribution is 5.94. The van der Waals surface area contributed by atoms with Gasteiger partial charge in [0.05, 0.1) is 0 Å². The molecule has 1 aromatic carbocycles. The maximum Gasteiger partial charge on any atom is 0.255 e. The van der Waals surface area contributed by atoms with Gasteiger partial charge in [0.15, 0.2) is 0 Å². The fourth-order valence-corrected chi connectivity index (χ4v) is 3.96. The Kier molecular flexibility index (Phi) is 18.0. The topological polar surface area (TPSA) is 29.1 Å². The standard InChI is InChI=1S/C29H49NO/c1-3-5-7-8-9-10-11-12-13-14-15-16-17-18-19-20-26-30-29(31)28-24-22-27(23-25-28)21-6-4-2/h20,22-26H,3-19,21H2,1-2H3,(H,30,31). The molecule has 0 atom stereocenters. The second-order valence-corrected chi connectivity index (χ2v) is 9.06. The summed E-state index contributed by atoms with van der Waals surface area (Å²) in [5, 5.41) is 2.89. The lowest BCUT2D eigenvalue weighted by molar-refractivity contribution is 0.0970. The van der Waals surface area contributed by atoms with Crippen LogP contribution in [0, 0.1) is 0 Å². The van der Waals surface area contributed by atoms with Gasteiger partial charge in [0.25, 0.3) is 5.91 Å². The van der Waals surface area contributed by atoms with Crippen molar-refractivity contribution in [3.8, 4) is 0 Å². The number of allylic oxidation sites excluding steroid dienone is 1. The summed E-state index contributed by atoms with van der Waals surface area (Å²) < 4.78 is 0. The van der Waals surface area contributed by atoms with Crippen molar-refractivity contribution in [2.24, 2.45) is 0 Å². The summed E-state index contributed by atoms with van der Waals surface area (Å²) in [4.78, 5) is 12.2. The van der Waals surface area contributed by atoms with Gasteiger partial charge in [0, 0.05) is 11.8 Å². The molecular weight excluding hydrogens is 378 g/mol. The zero-order valence-electron chi connectivity index (χ0n) is 20.6. The third-order valence-electron chi connectivity index (χ3n) is 6.09. The Morgan fingerprint density at radius 3 is 1.68 bits per heavy atom. The first kappa shape index (κ1) is 27.5. The van der Waals surface area contributed by atoms with Gasteiger partial charge in [0.2, 0.25) is 0 Å². The van der Waals surface area contributed by atoms with Crippen molar-refractivity contribution in [1.82, 2.24) is 5.32 Å². The molecule has 0 radical (unpaired) electrons. The zero-order valence-corrected chi connectivity index (χ0v) is 20.6. The molecule has 0 unspecified atom stereocenters. The van der Waals surface area contributed by atoms with E-state index in [1.54, 1.807) is 0 Å². The van der Waals surface area contributed by atoms with Crippen molar-refractivity contribution in [3.05, 3.63) is 47.7 Å². The minimum Gasteiger partial charge on any atom is -0.329 e. The molecule has 0 aliphatic rings. The quantitative estimate of drug-likeness (QED) is 0.206. The Bertz CT molecular complexity index is 561. The van der Waals surface area contributed by atoms with E-state index in [-0.39, 0.29) is 5.91 Å². The van der Waals surface area contributed by atoms with Crippen LogP contribution >= 0.6 is 0 Å². The number of benzene rings is 1. The van der Waals surface area contributed by atoms with Gasteiger partial charge in [-0.05, 0) is 43.4 Å². The molecule has 0 saturated heterocycles. The second-order valence-electron chi connectivity index (χ2n) is 9.06. The highest BCUT2D eigenvalue weighted by Gasteiger charge is 2.03. The summed E-state index contributed by atoms with van der Waals surface area (Å²) in [6, 6.07) is 8.01. The molecule has 0 aliphatic heterocycles. The van der Waals surface area contributed by atoms with Gasteiger partial charge in [-0.2, -0.15) is 0 Å². The van der Waals surface area contributed by atoms with E-state index >= 15 is 0 Å². The van der Waals surface area contributed by atoms with Gasteiger partial charge in [-0.3, -0.25) is 4.79 Å². The third kappa shape index (κ3) is 15.8. The predicted octanol–water partition coefficient (Wildman–Crippen LogP) is 9.14. The molecule has 0 spiro atoms. The van der Waals surface area contributed by atoms with Crippen LogP contribution in [0.2, 0.25) is 0 Å². The smallest absolute Gasteiger partial charge is 0.255 e. The summed E-state index contributed by atoms with van der Waals surface area (Å²) in [6.45, 7) is 4.49. The fourth-order valence-electron chi connectivity index (χ4n) is 3.96. The summed E-state index contributed by atoms with van der Waals surface area (Å²) in [5.41, 5.74) is 2.05. The zero-order chi connectivity index (χ0) is 22.4. The monoisotopic (exact) mass is 427 g/mol. The fraction of sp³-hybridized carbons (Fsp3) is 0.690. The summed E-state index contributed by atoms with van der Waals surface area (Å²) in [7, 11) is 0. The Balaban J connectivity index is 1.91. The van der Waals surface area contributed by atoms with Crippen LogP contribution in [-0.2, 0) is 6.42 Å². The molecular formula is C29H49NO. The lowest BCUT2D eigenvalue weighted by atomic mass is 10.0. The van der Waals surface area contributed by atoms with Gasteiger partial charge in [-0.25, -0.2) is 0 Å². The minimum atomic E-state index is -0.0146. The third-order valence-corrected chi connectivity index (χ3v) is 6.09. The van der Waals surface area contributed by atoms with Crippen molar-refractivity contribution < 1.29 is 4.79 Å². The Labute approximate surface area is 193 Å². The lowest BCUT2D eigenvalue weighted by Gasteiger charge is -2.03. The summed E-state index contributed by atoms with van der Waals surface area (Å²) in [5.74, 6) is -0.0146. The van der Waals surface area contributed by atoms with Crippen molar-refractivity contribution in [2.45, 2.75) is 129 Å². The number of rotatable bonds is 20. The molecule has 0 aliphatic carbocycles. The number of hydrogen-bond acceptors (Lipinski definition) is 1. The van der Waals surface area contributed by atoms with E-state index in [1.165, 1.54) is 108 Å². The number of aryl methyl sites for hydroxylation is 1. The largest absolute Gasteiger partial charge is 0.329 e. The number of carbonyl (C=O) groups excluding carboxylic acids is 1. The molecule has 0 bridgehead atoms. The van der Waals surface area contributed by atoms with Gasteiger partial charge < -0.3 is 5.32 Å². The normalized spacial score (nSPS) is 11.3. The second kappa shape index (κ2) is 20.3. The molecule has 0 heterocycles. The lowest BCUT2D eigenvalue weighted by Crippen LogP contribution is -2.16. The molecule has 2 nitrogen and oxygen atoms in total. The molecule has 1 N–H and O–H groups in total. The van der Waals surface area contributed by atoms with Crippen molar-refractivity contribution >= 4 is 5.91 Å². The highest BCUT2D eigenvalue weighted by Crippen LogP contribution is 2.13. The Morgan fingerprint density at radius 1 is 0.677 bits per heavy atom. The maximum atomic E-state index is 12.2. The van der Waals surface area contributed by atoms with Gasteiger partial charge in [-0.15, -0.1) is 0 Å². The van der Waals surface area contributed by atoms with E-state index < -0.39 is 0 Å². The molecule has 176 valence electrons. The van der Waals surface area contributed by atoms with Crippen LogP contribution in [0.5, 0.6) is 0 Å². The average Bonchev–Trinajstić information content (AvgIpc) is 2.80. The molecule has 31 heavy (non-hydrogen) atoms. The van der Waals surface area contributed by atoms with Crippen LogP contribution in [0.1, 0.15) is 139 Å². The van der Waals surface area contributed by atoms with Crippen LogP contribution in [-0.4, -0.2) is 5.91 Å². The predicted molar refractivity (Wildman–Crippen MR) is 137 cm³/mol. The number of carbonyl (C=O) groups is 1. The van der Waals surface area contributed by atoms with Gasteiger partial charge >= 0.3 is 0 Å². The number of nitrogens with one attached hydrogen (secondary N) is 1. The average molecular weight is 428 g/mol. The first-order chi connectivity index (χ1) is 15.3. The van der Waals surface area contributed by atoms with E-state index in [0.717, 1.165) is 18.4 Å². The van der Waals surface area contributed by atoms with E-state index in [1.807, 2.05) is 18.3 Å². The van der Waals surface area contributed by atoms with E-state index in [0.29, 0.717) is 0 Å². The molecule has 1 rings (SSSR count). The van der Waals surface area contributed by atoms with E-state index in [9.17, 15) is 4.79 Å². The highest BCUT2D eigenvalue weighted by atomic mass is 16.1. The molecule has 0 aromatic heterocycles. The maximum absolute atomic E-state index is 12.2. The van der Waals surface area contributed by atoms with Crippen LogP contribution in [0.25, 0.3) is 0 Å². The Morgan fingerprint density at radius 2 is 1.16 bits per heavy atom. The summed E-state index contributed by atoms with van der Waals surface area (Å²) in [6.07, 6.45) is 27.9. The first-order valence-corrected chi connectivity index (χ1v) is 13.3. The first-order valence-electron chi connectivity index (χ1n) is 13.3. The van der Waals surface area contributed by atoms with Crippen molar-refractivity contribution in [1.29, 1.82) is 0 Å². The molecule has 0 saturated carbocycles. The van der Waals surface area contributed by atoms with Crippen molar-refractivity contribution in [3.63, 3.8) is 0 Å². The van der Waals surface area contributed by atoms with E-state index in [4.69, 9.17) is 0 Å². The minimum absolute atomic E-state index is 0.0146. The molecule has 1 aromatic rings. The van der Waals surface area contributed by atoms with Gasteiger partial charge in [-0.1, -0.05) is 122 Å². The van der Waals surface area contributed by atoms with Crippen molar-refractivity contribution in [2.75, 3.05) is 0 Å². The number of hydrogen-bond donors (Lipinski definition) is 1. The molecule has 2 heteroatoms. The number of unbranched alkanes of at least 4 members (excludes halogenated alkanes) is 15. The number of amides is 1. The van der Waals surface area contributed by atoms with E-state index in [2.05, 4.69) is 37.4 Å². The Hall–Kier alpha value is -1.57.